The quantitative estimate of drug-likeness (QED) is 0.689. The Morgan fingerprint density at radius 1 is 1.42 bits per heavy atom. The molecule has 6 heteroatoms. The minimum Gasteiger partial charge on any atom is -0.480 e. The van der Waals surface area contributed by atoms with E-state index in [0.717, 1.165) is 19.4 Å². The molecule has 1 rings (SSSR count). The zero-order valence-corrected chi connectivity index (χ0v) is 12.0. The highest BCUT2D eigenvalue weighted by Crippen LogP contribution is 2.16. The van der Waals surface area contributed by atoms with Crippen molar-refractivity contribution >= 4 is 12.0 Å². The lowest BCUT2D eigenvalue weighted by atomic mass is 9.98. The zero-order chi connectivity index (χ0) is 14.4. The second-order valence-electron chi connectivity index (χ2n) is 5.52. The Bertz CT molecular complexity index is 318. The maximum Gasteiger partial charge on any atom is 0.326 e. The number of nitrogens with zero attached hydrogens (tertiary/aromatic N) is 1. The molecule has 0 aromatic rings. The van der Waals surface area contributed by atoms with Crippen LogP contribution < -0.4 is 10.6 Å². The maximum atomic E-state index is 12.1. The topological polar surface area (TPSA) is 81.7 Å². The zero-order valence-electron chi connectivity index (χ0n) is 12.0. The van der Waals surface area contributed by atoms with Crippen molar-refractivity contribution in [3.8, 4) is 0 Å². The van der Waals surface area contributed by atoms with Crippen molar-refractivity contribution in [1.82, 2.24) is 15.5 Å². The summed E-state index contributed by atoms with van der Waals surface area (Å²) in [5.74, 6) is -0.654. The van der Waals surface area contributed by atoms with E-state index in [9.17, 15) is 9.59 Å². The fourth-order valence-corrected chi connectivity index (χ4v) is 2.44. The van der Waals surface area contributed by atoms with Gasteiger partial charge < -0.3 is 20.6 Å². The number of amides is 2. The number of nitrogens with one attached hydrogen (secondary N) is 2. The normalized spacial score (nSPS) is 21.3. The van der Waals surface area contributed by atoms with Crippen molar-refractivity contribution in [2.24, 2.45) is 11.8 Å². The molecule has 0 bridgehead atoms. The molecule has 6 nitrogen and oxygen atoms in total. The molecule has 1 aliphatic rings. The Balaban J connectivity index is 2.54. The summed E-state index contributed by atoms with van der Waals surface area (Å²) >= 11 is 0. The highest BCUT2D eigenvalue weighted by atomic mass is 16.4. The summed E-state index contributed by atoms with van der Waals surface area (Å²) in [4.78, 5) is 24.9. The fraction of sp³-hybridized carbons (Fsp3) is 0.846. The van der Waals surface area contributed by atoms with E-state index in [2.05, 4.69) is 10.6 Å². The number of hydrogen-bond donors (Lipinski definition) is 3. The number of urea groups is 1. The molecular weight excluding hydrogens is 246 g/mol. The van der Waals surface area contributed by atoms with Gasteiger partial charge in [-0.2, -0.15) is 0 Å². The minimum atomic E-state index is -0.980. The van der Waals surface area contributed by atoms with E-state index >= 15 is 0 Å². The van der Waals surface area contributed by atoms with Crippen molar-refractivity contribution in [2.75, 3.05) is 26.7 Å². The van der Waals surface area contributed by atoms with Gasteiger partial charge in [0.15, 0.2) is 0 Å². The Hall–Kier alpha value is -1.30. The van der Waals surface area contributed by atoms with Crippen LogP contribution in [0.3, 0.4) is 0 Å². The molecule has 19 heavy (non-hydrogen) atoms. The predicted molar refractivity (Wildman–Crippen MR) is 73.0 cm³/mol. The van der Waals surface area contributed by atoms with Crippen LogP contribution in [0.2, 0.25) is 0 Å². The summed E-state index contributed by atoms with van der Waals surface area (Å²) < 4.78 is 0. The molecule has 110 valence electrons. The van der Waals surface area contributed by atoms with Gasteiger partial charge in [0, 0.05) is 13.1 Å². The van der Waals surface area contributed by atoms with E-state index in [4.69, 9.17) is 5.11 Å². The van der Waals surface area contributed by atoms with Crippen molar-refractivity contribution < 1.29 is 14.7 Å². The molecule has 1 heterocycles. The van der Waals surface area contributed by atoms with Crippen LogP contribution in [0.25, 0.3) is 0 Å². The maximum absolute atomic E-state index is 12.1. The third-order valence-electron chi connectivity index (χ3n) is 3.51. The number of carbonyl (C=O) groups excluding carboxylic acids is 1. The molecule has 0 saturated carbocycles. The van der Waals surface area contributed by atoms with Gasteiger partial charge in [-0.3, -0.25) is 0 Å². The molecule has 3 N–H and O–H groups in total. The molecule has 0 aliphatic carbocycles. The number of rotatable bonds is 5. The Morgan fingerprint density at radius 3 is 2.63 bits per heavy atom. The average Bonchev–Trinajstić information content (AvgIpc) is 2.35. The van der Waals surface area contributed by atoms with Gasteiger partial charge in [-0.15, -0.1) is 0 Å². The molecule has 1 aliphatic heterocycles. The lowest BCUT2D eigenvalue weighted by Gasteiger charge is -2.33. The van der Waals surface area contributed by atoms with Crippen LogP contribution in [0, 0.1) is 11.8 Å². The van der Waals surface area contributed by atoms with Crippen molar-refractivity contribution in [1.29, 1.82) is 0 Å². The predicted octanol–water partition coefficient (Wildman–Crippen LogP) is 0.737. The number of piperidine rings is 1. The van der Waals surface area contributed by atoms with Crippen molar-refractivity contribution in [2.45, 2.75) is 32.7 Å². The van der Waals surface area contributed by atoms with Crippen LogP contribution in [0.5, 0.6) is 0 Å². The number of carbonyl (C=O) groups is 2. The van der Waals surface area contributed by atoms with Gasteiger partial charge in [0.1, 0.15) is 6.04 Å². The van der Waals surface area contributed by atoms with Crippen LogP contribution >= 0.6 is 0 Å². The summed E-state index contributed by atoms with van der Waals surface area (Å²) in [7, 11) is 1.90. The monoisotopic (exact) mass is 271 g/mol. The number of carboxylic acid groups (broad SMARTS) is 1. The van der Waals surface area contributed by atoms with Crippen LogP contribution in [0.1, 0.15) is 26.7 Å². The van der Waals surface area contributed by atoms with Gasteiger partial charge >= 0.3 is 12.0 Å². The molecular formula is C13H25N3O3. The molecule has 2 unspecified atom stereocenters. The van der Waals surface area contributed by atoms with Crippen LogP contribution in [0.15, 0.2) is 0 Å². The van der Waals surface area contributed by atoms with E-state index < -0.39 is 12.0 Å². The second kappa shape index (κ2) is 7.33. The van der Waals surface area contributed by atoms with E-state index in [1.165, 1.54) is 0 Å². The lowest BCUT2D eigenvalue weighted by molar-refractivity contribution is -0.140. The molecule has 1 saturated heterocycles. The first kappa shape index (κ1) is 15.8. The van der Waals surface area contributed by atoms with E-state index in [0.29, 0.717) is 19.0 Å². The smallest absolute Gasteiger partial charge is 0.326 e. The number of carboxylic acids is 1. The number of aliphatic carboxylic acids is 1. The van der Waals surface area contributed by atoms with Gasteiger partial charge in [0.25, 0.3) is 0 Å². The molecule has 0 aromatic heterocycles. The van der Waals surface area contributed by atoms with Crippen molar-refractivity contribution in [3.05, 3.63) is 0 Å². The summed E-state index contributed by atoms with van der Waals surface area (Å²) in [6, 6.07) is -1.08. The van der Waals surface area contributed by atoms with Crippen LogP contribution in [-0.2, 0) is 4.79 Å². The molecule has 0 spiro atoms. The van der Waals surface area contributed by atoms with E-state index in [1.807, 2.05) is 7.05 Å². The molecule has 0 radical (unpaired) electrons. The summed E-state index contributed by atoms with van der Waals surface area (Å²) in [6.45, 7) is 5.86. The first-order chi connectivity index (χ1) is 8.95. The van der Waals surface area contributed by atoms with Gasteiger partial charge in [-0.25, -0.2) is 9.59 Å². The largest absolute Gasteiger partial charge is 0.480 e. The third kappa shape index (κ3) is 4.70. The Morgan fingerprint density at radius 2 is 2.11 bits per heavy atom. The highest BCUT2D eigenvalue weighted by molar-refractivity contribution is 5.82. The van der Waals surface area contributed by atoms with E-state index in [1.54, 1.807) is 18.7 Å². The third-order valence-corrected chi connectivity index (χ3v) is 3.51. The first-order valence-corrected chi connectivity index (χ1v) is 6.88. The lowest BCUT2D eigenvalue weighted by Crippen LogP contribution is -2.53. The van der Waals surface area contributed by atoms with Crippen molar-refractivity contribution in [3.63, 3.8) is 0 Å². The molecule has 2 amide bonds. The molecule has 0 aromatic carbocycles. The van der Waals surface area contributed by atoms with Crippen LogP contribution in [0.4, 0.5) is 4.79 Å². The summed E-state index contributed by atoms with van der Waals surface area (Å²) in [5, 5.41) is 14.8. The summed E-state index contributed by atoms with van der Waals surface area (Å²) in [5.41, 5.74) is 0. The number of hydrogen-bond acceptors (Lipinski definition) is 3. The second-order valence-corrected chi connectivity index (χ2v) is 5.52. The first-order valence-electron chi connectivity index (χ1n) is 6.88. The Labute approximate surface area is 114 Å². The van der Waals surface area contributed by atoms with Crippen LogP contribution in [-0.4, -0.2) is 54.7 Å². The van der Waals surface area contributed by atoms with Gasteiger partial charge in [0.05, 0.1) is 0 Å². The average molecular weight is 271 g/mol. The summed E-state index contributed by atoms with van der Waals surface area (Å²) in [6.07, 6.45) is 2.08. The van der Waals surface area contributed by atoms with Gasteiger partial charge in [-0.05, 0) is 38.3 Å². The number of likely N-dealkylation sites (tertiary alicyclic amines) is 1. The highest BCUT2D eigenvalue weighted by Gasteiger charge is 2.28. The molecule has 1 fully saturated rings. The Kier molecular flexibility index (Phi) is 6.08. The van der Waals surface area contributed by atoms with Gasteiger partial charge in [-0.1, -0.05) is 13.8 Å². The fourth-order valence-electron chi connectivity index (χ4n) is 2.44. The minimum absolute atomic E-state index is 0.126. The molecule has 2 atom stereocenters. The van der Waals surface area contributed by atoms with E-state index in [-0.39, 0.29) is 11.9 Å². The van der Waals surface area contributed by atoms with Gasteiger partial charge in [0.2, 0.25) is 0 Å². The standard InChI is InChI=1S/C13H25N3O3/c1-9(2)11(12(17)18)15-13(19)16-6-4-5-10(8-16)7-14-3/h9-11,14H,4-8H2,1-3H3,(H,15,19)(H,17,18). The SMILES string of the molecule is CNCC1CCCN(C(=O)NC(C(=O)O)C(C)C)C1.